The van der Waals surface area contributed by atoms with Gasteiger partial charge in [0, 0.05) is 13.0 Å². The summed E-state index contributed by atoms with van der Waals surface area (Å²) in [7, 11) is 0. The van der Waals surface area contributed by atoms with E-state index in [1.807, 2.05) is 0 Å². The average molecular weight is 230 g/mol. The van der Waals surface area contributed by atoms with E-state index in [4.69, 9.17) is 15.9 Å². The van der Waals surface area contributed by atoms with Crippen molar-refractivity contribution in [3.05, 3.63) is 0 Å². The van der Waals surface area contributed by atoms with Crippen LogP contribution in [0.25, 0.3) is 0 Å². The standard InChI is InChI=1S/C10H18N2O4/c1-10(11,6-2-3-6)9(16)12-7(4-5-13)8(14)15/h6-7,13H,2-5,11H2,1H3,(H,12,16)(H,14,15)/t7-,10?/m0/s1. The van der Waals surface area contributed by atoms with Crippen LogP contribution >= 0.6 is 0 Å². The zero-order valence-electron chi connectivity index (χ0n) is 9.27. The number of rotatable bonds is 6. The van der Waals surface area contributed by atoms with E-state index < -0.39 is 23.5 Å². The molecule has 0 saturated heterocycles. The maximum Gasteiger partial charge on any atom is 0.326 e. The van der Waals surface area contributed by atoms with E-state index in [1.54, 1.807) is 6.92 Å². The smallest absolute Gasteiger partial charge is 0.326 e. The molecule has 0 bridgehead atoms. The fourth-order valence-corrected chi connectivity index (χ4v) is 1.57. The molecule has 1 rings (SSSR count). The third-order valence-electron chi connectivity index (χ3n) is 2.94. The zero-order valence-corrected chi connectivity index (χ0v) is 9.27. The van der Waals surface area contributed by atoms with Crippen LogP contribution in [0.1, 0.15) is 26.2 Å². The second-order valence-electron chi connectivity index (χ2n) is 4.43. The Morgan fingerprint density at radius 2 is 2.12 bits per heavy atom. The van der Waals surface area contributed by atoms with Crippen LogP contribution < -0.4 is 11.1 Å². The lowest BCUT2D eigenvalue weighted by Gasteiger charge is -2.25. The average Bonchev–Trinajstić information content (AvgIpc) is 2.99. The van der Waals surface area contributed by atoms with Gasteiger partial charge in [-0.3, -0.25) is 4.79 Å². The molecule has 92 valence electrons. The Morgan fingerprint density at radius 1 is 1.56 bits per heavy atom. The molecule has 1 aliphatic rings. The summed E-state index contributed by atoms with van der Waals surface area (Å²) < 4.78 is 0. The Morgan fingerprint density at radius 3 is 2.50 bits per heavy atom. The summed E-state index contributed by atoms with van der Waals surface area (Å²) in [5.74, 6) is -1.49. The second-order valence-corrected chi connectivity index (χ2v) is 4.43. The number of carbonyl (C=O) groups is 2. The van der Waals surface area contributed by atoms with Gasteiger partial charge in [-0.25, -0.2) is 4.79 Å². The highest BCUT2D eigenvalue weighted by Crippen LogP contribution is 2.38. The molecule has 6 nitrogen and oxygen atoms in total. The molecule has 1 amide bonds. The number of aliphatic hydroxyl groups excluding tert-OH is 1. The maximum absolute atomic E-state index is 11.8. The monoisotopic (exact) mass is 230 g/mol. The number of hydrogen-bond acceptors (Lipinski definition) is 4. The summed E-state index contributed by atoms with van der Waals surface area (Å²) >= 11 is 0. The lowest BCUT2D eigenvalue weighted by molar-refractivity contribution is -0.143. The molecule has 0 radical (unpaired) electrons. The predicted octanol–water partition coefficient (Wildman–Crippen LogP) is -0.934. The Hall–Kier alpha value is -1.14. The van der Waals surface area contributed by atoms with Crippen molar-refractivity contribution in [3.63, 3.8) is 0 Å². The first-order valence-electron chi connectivity index (χ1n) is 5.33. The van der Waals surface area contributed by atoms with Crippen LogP contribution in [0.5, 0.6) is 0 Å². The van der Waals surface area contributed by atoms with Gasteiger partial charge in [0.05, 0.1) is 5.54 Å². The van der Waals surface area contributed by atoms with Gasteiger partial charge >= 0.3 is 5.97 Å². The van der Waals surface area contributed by atoms with Crippen molar-refractivity contribution in [3.8, 4) is 0 Å². The molecule has 0 aliphatic heterocycles. The van der Waals surface area contributed by atoms with Crippen molar-refractivity contribution in [1.82, 2.24) is 5.32 Å². The minimum atomic E-state index is -1.16. The quantitative estimate of drug-likeness (QED) is 0.470. The summed E-state index contributed by atoms with van der Waals surface area (Å²) in [5.41, 5.74) is 4.83. The Labute approximate surface area is 93.8 Å². The molecule has 6 heteroatoms. The molecule has 16 heavy (non-hydrogen) atoms. The number of aliphatic carboxylic acids is 1. The van der Waals surface area contributed by atoms with Crippen molar-refractivity contribution >= 4 is 11.9 Å². The number of nitrogens with one attached hydrogen (secondary N) is 1. The number of hydrogen-bond donors (Lipinski definition) is 4. The van der Waals surface area contributed by atoms with Crippen LogP contribution in [0.2, 0.25) is 0 Å². The van der Waals surface area contributed by atoms with Crippen molar-refractivity contribution in [2.45, 2.75) is 37.8 Å². The molecule has 5 N–H and O–H groups in total. The molecule has 1 saturated carbocycles. The van der Waals surface area contributed by atoms with Crippen molar-refractivity contribution < 1.29 is 19.8 Å². The molecular formula is C10H18N2O4. The summed E-state index contributed by atoms with van der Waals surface area (Å²) in [4.78, 5) is 22.5. The SMILES string of the molecule is CC(N)(C(=O)N[C@@H](CCO)C(=O)O)C1CC1. The molecule has 0 spiro atoms. The van der Waals surface area contributed by atoms with Crippen LogP contribution in [-0.4, -0.2) is 40.3 Å². The van der Waals surface area contributed by atoms with E-state index in [1.165, 1.54) is 0 Å². The summed E-state index contributed by atoms with van der Waals surface area (Å²) in [6, 6.07) is -1.07. The largest absolute Gasteiger partial charge is 0.480 e. The lowest BCUT2D eigenvalue weighted by atomic mass is 9.95. The first-order valence-corrected chi connectivity index (χ1v) is 5.33. The lowest BCUT2D eigenvalue weighted by Crippen LogP contribution is -2.57. The van der Waals surface area contributed by atoms with E-state index in [-0.39, 0.29) is 18.9 Å². The number of aliphatic hydroxyl groups is 1. The molecule has 0 aromatic carbocycles. The third-order valence-corrected chi connectivity index (χ3v) is 2.94. The van der Waals surface area contributed by atoms with Gasteiger partial charge in [0.2, 0.25) is 5.91 Å². The van der Waals surface area contributed by atoms with Crippen LogP contribution in [0.4, 0.5) is 0 Å². The summed E-state index contributed by atoms with van der Waals surface area (Å²) in [6.07, 6.45) is 1.79. The van der Waals surface area contributed by atoms with E-state index in [9.17, 15) is 9.59 Å². The van der Waals surface area contributed by atoms with Crippen molar-refractivity contribution in [1.29, 1.82) is 0 Å². The normalized spacial score (nSPS) is 20.9. The summed E-state index contributed by atoms with van der Waals surface area (Å²) in [5, 5.41) is 19.8. The third kappa shape index (κ3) is 2.93. The van der Waals surface area contributed by atoms with Gasteiger partial charge in [0.1, 0.15) is 6.04 Å². The van der Waals surface area contributed by atoms with Gasteiger partial charge in [0.25, 0.3) is 0 Å². The number of carbonyl (C=O) groups excluding carboxylic acids is 1. The Bertz CT molecular complexity index is 287. The van der Waals surface area contributed by atoms with Crippen LogP contribution in [0, 0.1) is 5.92 Å². The Balaban J connectivity index is 2.56. The fraction of sp³-hybridized carbons (Fsp3) is 0.800. The zero-order chi connectivity index (χ0) is 12.3. The van der Waals surface area contributed by atoms with Crippen molar-refractivity contribution in [2.24, 2.45) is 11.7 Å². The first kappa shape index (κ1) is 12.9. The highest BCUT2D eigenvalue weighted by Gasteiger charge is 2.44. The highest BCUT2D eigenvalue weighted by molar-refractivity contribution is 5.90. The molecule has 1 aliphatic carbocycles. The van der Waals surface area contributed by atoms with Gasteiger partial charge in [-0.1, -0.05) is 0 Å². The van der Waals surface area contributed by atoms with Crippen molar-refractivity contribution in [2.75, 3.05) is 6.61 Å². The number of carboxylic acids is 1. The van der Waals surface area contributed by atoms with Gasteiger partial charge in [-0.15, -0.1) is 0 Å². The first-order chi connectivity index (χ1) is 7.39. The number of carboxylic acid groups (broad SMARTS) is 1. The van der Waals surface area contributed by atoms with Gasteiger partial charge < -0.3 is 21.3 Å². The minimum absolute atomic E-state index is 0.0121. The molecule has 2 atom stereocenters. The van der Waals surface area contributed by atoms with Gasteiger partial charge in [-0.05, 0) is 25.7 Å². The second kappa shape index (κ2) is 4.80. The van der Waals surface area contributed by atoms with E-state index in [0.29, 0.717) is 0 Å². The molecular weight excluding hydrogens is 212 g/mol. The number of nitrogens with two attached hydrogens (primary N) is 1. The number of amides is 1. The summed E-state index contributed by atoms with van der Waals surface area (Å²) in [6.45, 7) is 1.32. The molecule has 1 fully saturated rings. The van der Waals surface area contributed by atoms with Crippen LogP contribution in [0.3, 0.4) is 0 Å². The maximum atomic E-state index is 11.8. The predicted molar refractivity (Wildman–Crippen MR) is 56.6 cm³/mol. The molecule has 1 unspecified atom stereocenters. The molecule has 0 aromatic rings. The van der Waals surface area contributed by atoms with Crippen LogP contribution in [-0.2, 0) is 9.59 Å². The van der Waals surface area contributed by atoms with E-state index >= 15 is 0 Å². The minimum Gasteiger partial charge on any atom is -0.480 e. The fourth-order valence-electron chi connectivity index (χ4n) is 1.57. The molecule has 0 heterocycles. The molecule has 0 aromatic heterocycles. The van der Waals surface area contributed by atoms with Gasteiger partial charge in [-0.2, -0.15) is 0 Å². The van der Waals surface area contributed by atoms with Gasteiger partial charge in [0.15, 0.2) is 0 Å². The highest BCUT2D eigenvalue weighted by atomic mass is 16.4. The van der Waals surface area contributed by atoms with Crippen LogP contribution in [0.15, 0.2) is 0 Å². The topological polar surface area (TPSA) is 113 Å². The van der Waals surface area contributed by atoms with E-state index in [2.05, 4.69) is 5.32 Å². The Kier molecular flexibility index (Phi) is 3.88. The van der Waals surface area contributed by atoms with E-state index in [0.717, 1.165) is 12.8 Å².